The summed E-state index contributed by atoms with van der Waals surface area (Å²) in [7, 11) is 1.42. The third-order valence-corrected chi connectivity index (χ3v) is 4.29. The Balaban J connectivity index is 2.57. The van der Waals surface area contributed by atoms with Crippen LogP contribution < -0.4 is 5.32 Å². The lowest BCUT2D eigenvalue weighted by atomic mass is 10.2. The van der Waals surface area contributed by atoms with Crippen LogP contribution in [0.2, 0.25) is 0 Å². The number of hydrogen-bond acceptors (Lipinski definition) is 4. The van der Waals surface area contributed by atoms with Crippen LogP contribution in [0.15, 0.2) is 27.6 Å². The summed E-state index contributed by atoms with van der Waals surface area (Å²) in [5.74, 6) is 1.22. The lowest BCUT2D eigenvalue weighted by Crippen LogP contribution is -2.19. The molecule has 0 amide bonds. The molecule has 0 aliphatic heterocycles. The maximum Gasteiger partial charge on any atom is 0.306 e. The van der Waals surface area contributed by atoms with Crippen LogP contribution >= 0.6 is 27.7 Å². The van der Waals surface area contributed by atoms with Crippen LogP contribution in [-0.4, -0.2) is 25.4 Å². The Labute approximate surface area is 134 Å². The van der Waals surface area contributed by atoms with E-state index < -0.39 is 0 Å². The Bertz CT molecular complexity index is 438. The molecule has 1 aromatic rings. The van der Waals surface area contributed by atoms with Gasteiger partial charge in [-0.15, -0.1) is 11.8 Å². The third kappa shape index (κ3) is 6.77. The van der Waals surface area contributed by atoms with Gasteiger partial charge in [-0.2, -0.15) is 0 Å². The van der Waals surface area contributed by atoms with Gasteiger partial charge < -0.3 is 10.1 Å². The minimum Gasteiger partial charge on any atom is -0.469 e. The highest BCUT2D eigenvalue weighted by atomic mass is 79.9. The number of rotatable bonds is 8. The largest absolute Gasteiger partial charge is 0.469 e. The van der Waals surface area contributed by atoms with E-state index >= 15 is 0 Å². The van der Waals surface area contributed by atoms with Gasteiger partial charge in [0.1, 0.15) is 0 Å². The summed E-state index contributed by atoms with van der Waals surface area (Å²) < 4.78 is 5.74. The molecular weight excluding hydrogens is 338 g/mol. The highest BCUT2D eigenvalue weighted by molar-refractivity contribution is 9.10. The fraction of sp³-hybridized carbons (Fsp3) is 0.533. The molecular formula is C15H22BrNO2S. The van der Waals surface area contributed by atoms with Crippen molar-refractivity contribution in [3.63, 3.8) is 0 Å². The van der Waals surface area contributed by atoms with E-state index in [2.05, 4.69) is 52.0 Å². The molecule has 1 N–H and O–H groups in total. The van der Waals surface area contributed by atoms with E-state index in [1.54, 1.807) is 11.8 Å². The number of esters is 1. The minimum absolute atomic E-state index is 0.158. The maximum absolute atomic E-state index is 11.1. The second-order valence-corrected chi connectivity index (χ2v) is 7.00. The van der Waals surface area contributed by atoms with Crippen molar-refractivity contribution in [2.45, 2.75) is 31.7 Å². The van der Waals surface area contributed by atoms with Crippen LogP contribution in [0.4, 0.5) is 0 Å². The predicted molar refractivity (Wildman–Crippen MR) is 88.0 cm³/mol. The van der Waals surface area contributed by atoms with Crippen molar-refractivity contribution in [3.8, 4) is 0 Å². The average Bonchev–Trinajstić information content (AvgIpc) is 2.40. The number of halogens is 1. The number of hydrogen-bond donors (Lipinski definition) is 1. The zero-order chi connectivity index (χ0) is 15.0. The van der Waals surface area contributed by atoms with Gasteiger partial charge in [0.2, 0.25) is 0 Å². The van der Waals surface area contributed by atoms with Crippen molar-refractivity contribution >= 4 is 33.7 Å². The summed E-state index contributed by atoms with van der Waals surface area (Å²) in [5.41, 5.74) is 1.26. The van der Waals surface area contributed by atoms with Crippen molar-refractivity contribution in [2.75, 3.05) is 19.4 Å². The van der Waals surface area contributed by atoms with E-state index in [0.717, 1.165) is 23.3 Å². The summed E-state index contributed by atoms with van der Waals surface area (Å²) in [6.07, 6.45) is 0.441. The first kappa shape index (κ1) is 17.5. The molecule has 0 radical (unpaired) electrons. The van der Waals surface area contributed by atoms with Crippen LogP contribution in [0, 0.1) is 5.92 Å². The number of methoxy groups -OCH3 is 1. The molecule has 0 aromatic heterocycles. The van der Waals surface area contributed by atoms with E-state index in [1.807, 2.05) is 6.07 Å². The molecule has 112 valence electrons. The van der Waals surface area contributed by atoms with E-state index in [-0.39, 0.29) is 5.97 Å². The SMILES string of the molecule is COC(=O)CCSc1ccc(Br)cc1CNCC(C)C. The van der Waals surface area contributed by atoms with Crippen molar-refractivity contribution < 1.29 is 9.53 Å². The molecule has 1 rings (SSSR count). The number of nitrogens with one attached hydrogen (secondary N) is 1. The van der Waals surface area contributed by atoms with Crippen LogP contribution in [0.3, 0.4) is 0 Å². The smallest absolute Gasteiger partial charge is 0.306 e. The number of benzene rings is 1. The first-order valence-corrected chi connectivity index (χ1v) is 8.49. The quantitative estimate of drug-likeness (QED) is 0.565. The molecule has 0 aliphatic carbocycles. The Kier molecular flexibility index (Phi) is 8.26. The van der Waals surface area contributed by atoms with E-state index in [1.165, 1.54) is 17.6 Å². The first-order chi connectivity index (χ1) is 9.52. The number of carbonyl (C=O) groups excluding carboxylic acids is 1. The van der Waals surface area contributed by atoms with Gasteiger partial charge in [-0.1, -0.05) is 29.8 Å². The molecule has 5 heteroatoms. The lowest BCUT2D eigenvalue weighted by Gasteiger charge is -2.12. The zero-order valence-electron chi connectivity index (χ0n) is 12.2. The van der Waals surface area contributed by atoms with Crippen molar-refractivity contribution in [1.29, 1.82) is 0 Å². The molecule has 0 atom stereocenters. The monoisotopic (exact) mass is 359 g/mol. The maximum atomic E-state index is 11.1. The molecule has 0 spiro atoms. The molecule has 0 saturated carbocycles. The molecule has 0 fully saturated rings. The van der Waals surface area contributed by atoms with Gasteiger partial charge in [0, 0.05) is 21.7 Å². The highest BCUT2D eigenvalue weighted by Crippen LogP contribution is 2.26. The normalized spacial score (nSPS) is 10.8. The fourth-order valence-electron chi connectivity index (χ4n) is 1.67. The van der Waals surface area contributed by atoms with Crippen LogP contribution in [0.5, 0.6) is 0 Å². The average molecular weight is 360 g/mol. The van der Waals surface area contributed by atoms with Crippen LogP contribution in [-0.2, 0) is 16.1 Å². The van der Waals surface area contributed by atoms with Gasteiger partial charge in [0.05, 0.1) is 13.5 Å². The molecule has 0 heterocycles. The van der Waals surface area contributed by atoms with Gasteiger partial charge in [-0.25, -0.2) is 0 Å². The summed E-state index contributed by atoms with van der Waals surface area (Å²) in [4.78, 5) is 12.3. The van der Waals surface area contributed by atoms with Crippen molar-refractivity contribution in [2.24, 2.45) is 5.92 Å². The summed E-state index contributed by atoms with van der Waals surface area (Å²) in [6, 6.07) is 6.26. The third-order valence-electron chi connectivity index (χ3n) is 2.68. The molecule has 0 aliphatic rings. The predicted octanol–water partition coefficient (Wildman–Crippen LogP) is 3.85. The van der Waals surface area contributed by atoms with Gasteiger partial charge in [-0.05, 0) is 36.2 Å². The lowest BCUT2D eigenvalue weighted by molar-refractivity contribution is -0.140. The summed E-state index contributed by atoms with van der Waals surface area (Å²) in [6.45, 7) is 6.23. The molecule has 20 heavy (non-hydrogen) atoms. The van der Waals surface area contributed by atoms with Crippen molar-refractivity contribution in [3.05, 3.63) is 28.2 Å². The Morgan fingerprint density at radius 2 is 2.20 bits per heavy atom. The molecule has 0 bridgehead atoms. The van der Waals surface area contributed by atoms with Crippen molar-refractivity contribution in [1.82, 2.24) is 5.32 Å². The Hall–Kier alpha value is -0.520. The van der Waals surface area contributed by atoms with E-state index in [0.29, 0.717) is 12.3 Å². The topological polar surface area (TPSA) is 38.3 Å². The van der Waals surface area contributed by atoms with Gasteiger partial charge in [-0.3, -0.25) is 4.79 Å². The molecule has 0 saturated heterocycles. The Morgan fingerprint density at radius 1 is 1.45 bits per heavy atom. The fourth-order valence-corrected chi connectivity index (χ4v) is 3.05. The van der Waals surface area contributed by atoms with Gasteiger partial charge in [0.25, 0.3) is 0 Å². The molecule has 3 nitrogen and oxygen atoms in total. The summed E-state index contributed by atoms with van der Waals surface area (Å²) in [5, 5.41) is 3.45. The van der Waals surface area contributed by atoms with E-state index in [4.69, 9.17) is 0 Å². The summed E-state index contributed by atoms with van der Waals surface area (Å²) >= 11 is 5.21. The van der Waals surface area contributed by atoms with Crippen LogP contribution in [0.25, 0.3) is 0 Å². The second-order valence-electron chi connectivity index (χ2n) is 4.95. The van der Waals surface area contributed by atoms with Gasteiger partial charge >= 0.3 is 5.97 Å². The highest BCUT2D eigenvalue weighted by Gasteiger charge is 2.06. The number of thioether (sulfide) groups is 1. The first-order valence-electron chi connectivity index (χ1n) is 6.71. The number of carbonyl (C=O) groups is 1. The van der Waals surface area contributed by atoms with Crippen LogP contribution in [0.1, 0.15) is 25.8 Å². The van der Waals surface area contributed by atoms with Gasteiger partial charge in [0.15, 0.2) is 0 Å². The molecule has 1 aromatic carbocycles. The molecule has 0 unspecified atom stereocenters. The number of ether oxygens (including phenoxy) is 1. The van der Waals surface area contributed by atoms with E-state index in [9.17, 15) is 4.79 Å². The second kappa shape index (κ2) is 9.42. The zero-order valence-corrected chi connectivity index (χ0v) is 14.6. The minimum atomic E-state index is -0.158. The standard InChI is InChI=1S/C15H22BrNO2S/c1-11(2)9-17-10-12-8-13(16)4-5-14(12)20-7-6-15(18)19-3/h4-5,8,11,17H,6-7,9-10H2,1-3H3. The Morgan fingerprint density at radius 3 is 2.85 bits per heavy atom.